The van der Waals surface area contributed by atoms with E-state index in [4.69, 9.17) is 4.74 Å². The first-order valence-corrected chi connectivity index (χ1v) is 11.9. The summed E-state index contributed by atoms with van der Waals surface area (Å²) < 4.78 is 5.12. The van der Waals surface area contributed by atoms with Crippen LogP contribution in [0.15, 0.2) is 44.1 Å². The average molecular weight is 463 g/mol. The number of H-pyrrole nitrogens is 1. The molecule has 1 aliphatic heterocycles. The van der Waals surface area contributed by atoms with Gasteiger partial charge in [0.15, 0.2) is 5.16 Å². The van der Waals surface area contributed by atoms with Crippen LogP contribution in [0.3, 0.4) is 0 Å². The Labute approximate surface area is 183 Å². The van der Waals surface area contributed by atoms with Crippen LogP contribution in [0, 0.1) is 0 Å². The molecule has 0 unspecified atom stereocenters. The second-order valence-corrected chi connectivity index (χ2v) is 9.17. The van der Waals surface area contributed by atoms with Gasteiger partial charge in [-0.1, -0.05) is 17.8 Å². The zero-order valence-electron chi connectivity index (χ0n) is 16.1. The number of amides is 2. The summed E-state index contributed by atoms with van der Waals surface area (Å²) in [5, 5.41) is 10.2. The molecule has 156 valence electrons. The van der Waals surface area contributed by atoms with E-state index in [0.29, 0.717) is 26.6 Å². The van der Waals surface area contributed by atoms with Crippen LogP contribution in [0.25, 0.3) is 20.7 Å². The Morgan fingerprint density at radius 2 is 2.17 bits per heavy atom. The minimum atomic E-state index is -0.483. The van der Waals surface area contributed by atoms with Crippen LogP contribution in [0.4, 0.5) is 4.79 Å². The largest absolute Gasteiger partial charge is 0.463 e. The van der Waals surface area contributed by atoms with Crippen molar-refractivity contribution in [1.82, 2.24) is 20.6 Å². The van der Waals surface area contributed by atoms with Crippen molar-refractivity contribution in [1.29, 1.82) is 0 Å². The van der Waals surface area contributed by atoms with Crippen LogP contribution in [0.5, 0.6) is 0 Å². The molecule has 0 radical (unpaired) electrons. The van der Waals surface area contributed by atoms with Crippen molar-refractivity contribution < 1.29 is 14.3 Å². The average Bonchev–Trinajstić information content (AvgIpc) is 3.35. The molecule has 0 aliphatic carbocycles. The zero-order valence-corrected chi connectivity index (χ0v) is 18.6. The number of nitrogens with zero attached hydrogens (tertiary/aromatic N) is 1. The Kier molecular flexibility index (Phi) is 5.93. The number of aromatic nitrogens is 2. The first-order chi connectivity index (χ1) is 14.5. The molecule has 3 aromatic rings. The van der Waals surface area contributed by atoms with Crippen LogP contribution >= 0.6 is 34.4 Å². The molecule has 0 bridgehead atoms. The normalized spacial score (nSPS) is 16.5. The van der Waals surface area contributed by atoms with Crippen molar-refractivity contribution in [3.05, 3.63) is 44.5 Å². The first kappa shape index (κ1) is 20.6. The minimum Gasteiger partial charge on any atom is -0.463 e. The lowest BCUT2D eigenvalue weighted by atomic mass is 10.1. The smallest absolute Gasteiger partial charge is 0.337 e. The van der Waals surface area contributed by atoms with Crippen molar-refractivity contribution in [2.75, 3.05) is 12.4 Å². The lowest BCUT2D eigenvalue weighted by Crippen LogP contribution is -2.49. The van der Waals surface area contributed by atoms with Gasteiger partial charge in [-0.25, -0.2) is 14.6 Å². The summed E-state index contributed by atoms with van der Waals surface area (Å²) in [5.74, 6) is -0.229. The van der Waals surface area contributed by atoms with E-state index in [9.17, 15) is 14.4 Å². The number of carbonyl (C=O) groups excluding carboxylic acids is 2. The van der Waals surface area contributed by atoms with Gasteiger partial charge in [0, 0.05) is 27.3 Å². The predicted octanol–water partition coefficient (Wildman–Crippen LogP) is 3.32. The molecule has 4 rings (SSSR count). The Morgan fingerprint density at radius 1 is 1.33 bits per heavy atom. The molecule has 11 heteroatoms. The fourth-order valence-corrected chi connectivity index (χ4v) is 5.79. The van der Waals surface area contributed by atoms with E-state index in [2.05, 4.69) is 20.6 Å². The Hall–Kier alpha value is -2.63. The van der Waals surface area contributed by atoms with Crippen molar-refractivity contribution in [3.8, 4) is 10.4 Å². The number of hydrogen-bond acceptors (Lipinski definition) is 8. The molecule has 0 saturated heterocycles. The summed E-state index contributed by atoms with van der Waals surface area (Å²) in [7, 11) is 0. The van der Waals surface area contributed by atoms with Gasteiger partial charge in [0.1, 0.15) is 4.83 Å². The fourth-order valence-electron chi connectivity index (χ4n) is 3.14. The second kappa shape index (κ2) is 8.62. The van der Waals surface area contributed by atoms with Crippen molar-refractivity contribution in [2.45, 2.75) is 25.0 Å². The summed E-state index contributed by atoms with van der Waals surface area (Å²) >= 11 is 4.22. The number of urea groups is 1. The topological polar surface area (TPSA) is 113 Å². The number of thioether (sulfide) groups is 1. The number of hydrogen-bond donors (Lipinski definition) is 3. The van der Waals surface area contributed by atoms with Crippen molar-refractivity contribution in [3.63, 3.8) is 0 Å². The minimum absolute atomic E-state index is 0.213. The van der Waals surface area contributed by atoms with E-state index in [0.717, 1.165) is 10.4 Å². The quantitative estimate of drug-likeness (QED) is 0.294. The highest BCUT2D eigenvalue weighted by Gasteiger charge is 2.29. The summed E-state index contributed by atoms with van der Waals surface area (Å²) in [4.78, 5) is 46.0. The maximum Gasteiger partial charge on any atom is 0.337 e. The lowest BCUT2D eigenvalue weighted by Gasteiger charge is -2.26. The third-order valence-corrected chi connectivity index (χ3v) is 7.10. The number of fused-ring (bicyclic) bond motifs is 1. The van der Waals surface area contributed by atoms with Gasteiger partial charge in [-0.15, -0.1) is 22.7 Å². The standard InChI is InChI=1S/C19H18N4O4S3/c1-3-27-17(25)13-9(2)20-18(26)21-11(13)8-30-19-22-15(24)14-10(7-29-16(14)23-19)12-5-4-6-28-12/h4-7,9H,3,8H2,1-2H3,(H2,20,21,26)(H,22,23,24)/t9-/m1/s1. The molecule has 1 aliphatic rings. The van der Waals surface area contributed by atoms with E-state index in [1.54, 1.807) is 25.2 Å². The van der Waals surface area contributed by atoms with E-state index in [-0.39, 0.29) is 24.0 Å². The van der Waals surface area contributed by atoms with Gasteiger partial charge in [0.25, 0.3) is 5.56 Å². The van der Waals surface area contributed by atoms with E-state index in [1.165, 1.54) is 23.1 Å². The molecule has 2 amide bonds. The molecule has 30 heavy (non-hydrogen) atoms. The number of ether oxygens (including phenoxy) is 1. The number of thiophene rings is 2. The highest BCUT2D eigenvalue weighted by atomic mass is 32.2. The van der Waals surface area contributed by atoms with Gasteiger partial charge in [-0.3, -0.25) is 4.79 Å². The highest BCUT2D eigenvalue weighted by molar-refractivity contribution is 7.99. The van der Waals surface area contributed by atoms with Crippen LogP contribution in [0.1, 0.15) is 13.8 Å². The summed E-state index contributed by atoms with van der Waals surface area (Å²) in [6.45, 7) is 3.68. The molecule has 0 fully saturated rings. The van der Waals surface area contributed by atoms with Gasteiger partial charge in [0.2, 0.25) is 0 Å². The molecular weight excluding hydrogens is 444 g/mol. The number of aromatic amines is 1. The van der Waals surface area contributed by atoms with Crippen LogP contribution in [-0.4, -0.2) is 40.4 Å². The Balaban J connectivity index is 1.62. The van der Waals surface area contributed by atoms with Gasteiger partial charge >= 0.3 is 12.0 Å². The maximum atomic E-state index is 12.7. The Bertz CT molecular complexity index is 1200. The molecule has 8 nitrogen and oxygen atoms in total. The molecular formula is C19H18N4O4S3. The fraction of sp³-hybridized carbons (Fsp3) is 0.263. The van der Waals surface area contributed by atoms with Gasteiger partial charge in [-0.2, -0.15) is 0 Å². The van der Waals surface area contributed by atoms with E-state index in [1.807, 2.05) is 22.9 Å². The molecule has 3 aromatic heterocycles. The third-order valence-electron chi connectivity index (χ3n) is 4.43. The lowest BCUT2D eigenvalue weighted by molar-refractivity contribution is -0.138. The summed E-state index contributed by atoms with van der Waals surface area (Å²) in [6, 6.07) is 3.05. The number of carbonyl (C=O) groups is 2. The summed E-state index contributed by atoms with van der Waals surface area (Å²) in [5.41, 5.74) is 1.47. The van der Waals surface area contributed by atoms with Gasteiger partial charge in [0.05, 0.1) is 23.6 Å². The van der Waals surface area contributed by atoms with Crippen LogP contribution in [0.2, 0.25) is 0 Å². The number of esters is 1. The molecule has 4 heterocycles. The van der Waals surface area contributed by atoms with Gasteiger partial charge in [-0.05, 0) is 25.3 Å². The zero-order chi connectivity index (χ0) is 21.3. The van der Waals surface area contributed by atoms with Gasteiger partial charge < -0.3 is 20.4 Å². The molecule has 0 aromatic carbocycles. The van der Waals surface area contributed by atoms with E-state index < -0.39 is 12.0 Å². The van der Waals surface area contributed by atoms with Crippen molar-refractivity contribution >= 4 is 56.7 Å². The van der Waals surface area contributed by atoms with Crippen LogP contribution < -0.4 is 16.2 Å². The molecule has 1 atom stereocenters. The molecule has 3 N–H and O–H groups in total. The second-order valence-electron chi connectivity index (χ2n) is 6.40. The molecule has 0 spiro atoms. The highest BCUT2D eigenvalue weighted by Crippen LogP contribution is 2.34. The predicted molar refractivity (Wildman–Crippen MR) is 119 cm³/mol. The van der Waals surface area contributed by atoms with E-state index >= 15 is 0 Å². The van der Waals surface area contributed by atoms with Crippen molar-refractivity contribution in [2.24, 2.45) is 0 Å². The third kappa shape index (κ3) is 4.00. The summed E-state index contributed by atoms with van der Waals surface area (Å²) in [6.07, 6.45) is 0. The first-order valence-electron chi connectivity index (χ1n) is 9.13. The Morgan fingerprint density at radius 3 is 2.90 bits per heavy atom. The van der Waals surface area contributed by atoms with Crippen LogP contribution in [-0.2, 0) is 9.53 Å². The number of rotatable bonds is 6. The maximum absolute atomic E-state index is 12.7. The SMILES string of the molecule is CCOC(=O)C1=C(CSc2nc3scc(-c4cccs4)c3c(=O)[nH]2)NC(=O)N[C@@H]1C. The number of nitrogens with one attached hydrogen (secondary N) is 3. The monoisotopic (exact) mass is 462 g/mol. The molecule has 0 saturated carbocycles.